The van der Waals surface area contributed by atoms with E-state index < -0.39 is 5.97 Å². The topological polar surface area (TPSA) is 90.7 Å². The fourth-order valence-electron chi connectivity index (χ4n) is 3.27. The lowest BCUT2D eigenvalue weighted by Gasteiger charge is -2.15. The Bertz CT molecular complexity index is 1190. The summed E-state index contributed by atoms with van der Waals surface area (Å²) in [6.45, 7) is 7.27. The average Bonchev–Trinajstić information content (AvgIpc) is 2.73. The van der Waals surface area contributed by atoms with E-state index in [2.05, 4.69) is 11.6 Å². The monoisotopic (exact) mass is 387 g/mol. The van der Waals surface area contributed by atoms with Gasteiger partial charge in [0.05, 0.1) is 0 Å². The summed E-state index contributed by atoms with van der Waals surface area (Å²) in [4.78, 5) is 15.1. The highest BCUT2D eigenvalue weighted by Gasteiger charge is 2.16. The van der Waals surface area contributed by atoms with Gasteiger partial charge in [-0.1, -0.05) is 30.8 Å². The molecule has 0 fully saturated rings. The second kappa shape index (κ2) is 8.02. The van der Waals surface area contributed by atoms with Crippen molar-refractivity contribution in [3.05, 3.63) is 93.1 Å². The van der Waals surface area contributed by atoms with Gasteiger partial charge in [-0.3, -0.25) is 4.98 Å². The molecule has 146 valence electrons. The van der Waals surface area contributed by atoms with Gasteiger partial charge in [-0.15, -0.1) is 0 Å². The lowest BCUT2D eigenvalue weighted by molar-refractivity contribution is -0.131. The molecule has 0 bridgehead atoms. The zero-order valence-electron chi connectivity index (χ0n) is 16.2. The van der Waals surface area contributed by atoms with Crippen LogP contribution < -0.4 is 10.4 Å². The van der Waals surface area contributed by atoms with E-state index in [1.807, 2.05) is 24.3 Å². The molecular formula is C24H21NO4. The minimum atomic E-state index is -1.04. The Morgan fingerprint density at radius 2 is 1.76 bits per heavy atom. The average molecular weight is 387 g/mol. The molecule has 3 rings (SSSR count). The third-order valence-electron chi connectivity index (χ3n) is 4.85. The third-order valence-corrected chi connectivity index (χ3v) is 4.85. The van der Waals surface area contributed by atoms with Crippen molar-refractivity contribution in [3.8, 4) is 11.5 Å². The van der Waals surface area contributed by atoms with Crippen LogP contribution in [0, 0.1) is 13.8 Å². The first kappa shape index (κ1) is 19.9. The number of nitrogens with zero attached hydrogens (tertiary/aromatic N) is 1. The summed E-state index contributed by atoms with van der Waals surface area (Å²) < 4.78 is 0. The number of aliphatic carboxylic acids is 1. The zero-order chi connectivity index (χ0) is 21.1. The molecule has 5 heteroatoms. The Morgan fingerprint density at radius 1 is 1.03 bits per heavy atom. The molecule has 0 amide bonds. The Kier molecular flexibility index (Phi) is 5.50. The number of phenolic OH excluding ortho intramolecular Hbond substituents is 2. The summed E-state index contributed by atoms with van der Waals surface area (Å²) >= 11 is 0. The molecule has 0 radical (unpaired) electrons. The van der Waals surface area contributed by atoms with Gasteiger partial charge >= 0.3 is 5.97 Å². The summed E-state index contributed by atoms with van der Waals surface area (Å²) in [6.07, 6.45) is 5.90. The maximum absolute atomic E-state index is 10.9. The maximum Gasteiger partial charge on any atom is 0.328 e. The van der Waals surface area contributed by atoms with E-state index in [4.69, 9.17) is 5.11 Å². The minimum absolute atomic E-state index is 0.0265. The van der Waals surface area contributed by atoms with Gasteiger partial charge in [-0.25, -0.2) is 4.79 Å². The fraction of sp³-hybridized carbons (Fsp3) is 0.0833. The van der Waals surface area contributed by atoms with Gasteiger partial charge in [-0.2, -0.15) is 0 Å². The smallest absolute Gasteiger partial charge is 0.328 e. The molecule has 0 unspecified atom stereocenters. The van der Waals surface area contributed by atoms with E-state index in [0.717, 1.165) is 17.2 Å². The summed E-state index contributed by atoms with van der Waals surface area (Å²) in [5.41, 5.74) is 3.87. The lowest BCUT2D eigenvalue weighted by atomic mass is 9.91. The van der Waals surface area contributed by atoms with Crippen LogP contribution in [0.2, 0.25) is 0 Å². The van der Waals surface area contributed by atoms with E-state index in [1.165, 1.54) is 6.08 Å². The Labute approximate surface area is 168 Å². The van der Waals surface area contributed by atoms with Gasteiger partial charge in [-0.05, 0) is 43.2 Å². The molecule has 1 aromatic heterocycles. The van der Waals surface area contributed by atoms with Crippen molar-refractivity contribution in [3.63, 3.8) is 0 Å². The minimum Gasteiger partial charge on any atom is -0.507 e. The van der Waals surface area contributed by atoms with Crippen molar-refractivity contribution in [1.29, 1.82) is 0 Å². The standard InChI is InChI=1S/C24H21NO4/c1-14-15(2)24(29)21(16(3)23(14)28)22(19-8-5-11-25-13-19)18-7-4-6-17(12-18)9-10-20(26)27/h4-13,28-29H,1H2,2-3H3,(H,26,27)/b10-9+,22-21+. The van der Waals surface area contributed by atoms with Gasteiger partial charge in [0.25, 0.3) is 0 Å². The molecule has 3 aromatic rings. The number of carboxylic acids is 1. The normalized spacial score (nSPS) is 12.2. The maximum atomic E-state index is 10.9. The van der Waals surface area contributed by atoms with Crippen LogP contribution in [0.3, 0.4) is 0 Å². The van der Waals surface area contributed by atoms with Gasteiger partial charge in [0, 0.05) is 51.2 Å². The first-order valence-corrected chi connectivity index (χ1v) is 8.97. The summed E-state index contributed by atoms with van der Waals surface area (Å²) in [6, 6.07) is 10.9. The molecule has 0 aliphatic carbocycles. The molecular weight excluding hydrogens is 366 g/mol. The molecule has 5 nitrogen and oxygen atoms in total. The number of benzene rings is 2. The second-order valence-corrected chi connectivity index (χ2v) is 6.71. The lowest BCUT2D eigenvalue weighted by Crippen LogP contribution is -2.21. The first-order valence-electron chi connectivity index (χ1n) is 8.97. The summed E-state index contributed by atoms with van der Waals surface area (Å²) in [7, 11) is 0. The SMILES string of the molecule is C=c1c(C)c(O)/c(=C(/c2cccnc2)c2cccc(/C=C/C(=O)O)c2)c(C)c1O. The predicted octanol–water partition coefficient (Wildman–Crippen LogP) is 2.87. The van der Waals surface area contributed by atoms with Crippen LogP contribution in [0.1, 0.15) is 27.8 Å². The summed E-state index contributed by atoms with van der Waals surface area (Å²) in [5.74, 6) is -0.971. The van der Waals surface area contributed by atoms with Crippen molar-refractivity contribution in [2.75, 3.05) is 0 Å². The van der Waals surface area contributed by atoms with Gasteiger partial charge in [0.1, 0.15) is 11.5 Å². The molecule has 0 aliphatic rings. The van der Waals surface area contributed by atoms with Gasteiger partial charge in [0.15, 0.2) is 0 Å². The van der Waals surface area contributed by atoms with Gasteiger partial charge in [0.2, 0.25) is 0 Å². The second-order valence-electron chi connectivity index (χ2n) is 6.71. The van der Waals surface area contributed by atoms with E-state index in [-0.39, 0.29) is 11.5 Å². The molecule has 3 N–H and O–H groups in total. The number of phenols is 2. The molecule has 0 saturated carbocycles. The van der Waals surface area contributed by atoms with Crippen LogP contribution in [0.25, 0.3) is 18.2 Å². The van der Waals surface area contributed by atoms with E-state index in [1.54, 1.807) is 38.4 Å². The van der Waals surface area contributed by atoms with Crippen molar-refractivity contribution in [2.45, 2.75) is 13.8 Å². The highest BCUT2D eigenvalue weighted by molar-refractivity contribution is 5.86. The van der Waals surface area contributed by atoms with Gasteiger partial charge < -0.3 is 15.3 Å². The number of hydrogen-bond donors (Lipinski definition) is 3. The first-order chi connectivity index (χ1) is 13.8. The molecule has 1 heterocycles. The summed E-state index contributed by atoms with van der Waals surface area (Å²) in [5, 5.41) is 31.3. The van der Waals surface area contributed by atoms with Crippen molar-refractivity contribution < 1.29 is 20.1 Å². The molecule has 0 saturated heterocycles. The van der Waals surface area contributed by atoms with Crippen LogP contribution in [0.5, 0.6) is 11.5 Å². The van der Waals surface area contributed by atoms with Crippen LogP contribution in [0.15, 0.2) is 54.9 Å². The molecule has 0 aliphatic heterocycles. The number of hydrogen-bond acceptors (Lipinski definition) is 4. The number of pyridine rings is 1. The molecule has 2 aromatic carbocycles. The van der Waals surface area contributed by atoms with Crippen molar-refractivity contribution >= 4 is 24.2 Å². The Balaban J connectivity index is 2.45. The number of rotatable bonds is 4. The fourth-order valence-corrected chi connectivity index (χ4v) is 3.27. The molecule has 29 heavy (non-hydrogen) atoms. The molecule has 0 spiro atoms. The molecule has 0 atom stereocenters. The van der Waals surface area contributed by atoms with E-state index in [9.17, 15) is 15.0 Å². The Morgan fingerprint density at radius 3 is 2.41 bits per heavy atom. The highest BCUT2D eigenvalue weighted by Crippen LogP contribution is 2.26. The number of carbonyl (C=O) groups is 1. The van der Waals surface area contributed by atoms with E-state index in [0.29, 0.717) is 32.7 Å². The predicted molar refractivity (Wildman–Crippen MR) is 113 cm³/mol. The number of aromatic nitrogens is 1. The van der Waals surface area contributed by atoms with Crippen molar-refractivity contribution in [2.24, 2.45) is 0 Å². The number of aromatic hydroxyl groups is 2. The van der Waals surface area contributed by atoms with Crippen molar-refractivity contribution in [1.82, 2.24) is 4.98 Å². The quantitative estimate of drug-likeness (QED) is 0.473. The van der Waals surface area contributed by atoms with Crippen LogP contribution in [0.4, 0.5) is 0 Å². The third kappa shape index (κ3) is 3.89. The highest BCUT2D eigenvalue weighted by atomic mass is 16.4. The largest absolute Gasteiger partial charge is 0.507 e. The van der Waals surface area contributed by atoms with Crippen LogP contribution in [-0.2, 0) is 4.79 Å². The number of carboxylic acid groups (broad SMARTS) is 1. The van der Waals surface area contributed by atoms with E-state index >= 15 is 0 Å². The zero-order valence-corrected chi connectivity index (χ0v) is 16.2. The Hall–Kier alpha value is -3.86. The van der Waals surface area contributed by atoms with Crippen LogP contribution >= 0.6 is 0 Å². The van der Waals surface area contributed by atoms with Crippen LogP contribution in [-0.4, -0.2) is 26.3 Å².